The van der Waals surface area contributed by atoms with Crippen molar-refractivity contribution in [1.29, 1.82) is 0 Å². The summed E-state index contributed by atoms with van der Waals surface area (Å²) in [5, 5.41) is -0.597. The van der Waals surface area contributed by atoms with Crippen LogP contribution in [0.3, 0.4) is 0 Å². The first kappa shape index (κ1) is 20.9. The molecule has 5 nitrogen and oxygen atoms in total. The first-order valence-corrected chi connectivity index (χ1v) is 9.10. The van der Waals surface area contributed by atoms with Gasteiger partial charge in [0.2, 0.25) is 10.0 Å². The fourth-order valence-electron chi connectivity index (χ4n) is 1.97. The Morgan fingerprint density at radius 1 is 1.07 bits per heavy atom. The highest BCUT2D eigenvalue weighted by Crippen LogP contribution is 2.38. The molecule has 12 heteroatoms. The van der Waals surface area contributed by atoms with Crippen molar-refractivity contribution in [2.75, 3.05) is 6.26 Å². The molecule has 0 saturated carbocycles. The molecule has 27 heavy (non-hydrogen) atoms. The molecular weight excluding hydrogens is 421 g/mol. The summed E-state index contributed by atoms with van der Waals surface area (Å²) in [5.74, 6) is -5.48. The molecular formula is C15H9ClF5NO4S. The van der Waals surface area contributed by atoms with E-state index in [2.05, 4.69) is 0 Å². The molecule has 0 aliphatic heterocycles. The molecule has 0 aliphatic rings. The average molecular weight is 430 g/mol. The Bertz CT molecular complexity index is 985. The van der Waals surface area contributed by atoms with Gasteiger partial charge in [0.05, 0.1) is 16.8 Å². The van der Waals surface area contributed by atoms with Gasteiger partial charge in [-0.15, -0.1) is 0 Å². The lowest BCUT2D eigenvalue weighted by molar-refractivity contribution is -0.137. The Kier molecular flexibility index (Phi) is 5.66. The van der Waals surface area contributed by atoms with E-state index in [9.17, 15) is 35.2 Å². The summed E-state index contributed by atoms with van der Waals surface area (Å²) in [6.07, 6.45) is -4.17. The minimum absolute atomic E-state index is 0.418. The van der Waals surface area contributed by atoms with E-state index in [-0.39, 0.29) is 0 Å². The van der Waals surface area contributed by atoms with Gasteiger partial charge in [0, 0.05) is 12.1 Å². The Hall–Kier alpha value is -2.40. The van der Waals surface area contributed by atoms with Crippen LogP contribution in [0.25, 0.3) is 0 Å². The van der Waals surface area contributed by atoms with Gasteiger partial charge in [-0.2, -0.15) is 13.2 Å². The zero-order chi connectivity index (χ0) is 20.6. The number of halogens is 6. The van der Waals surface area contributed by atoms with Crippen LogP contribution in [0.2, 0.25) is 5.02 Å². The highest BCUT2D eigenvalue weighted by atomic mass is 35.5. The van der Waals surface area contributed by atoms with Crippen molar-refractivity contribution < 1.29 is 39.9 Å². The number of hydrogen-bond donors (Lipinski definition) is 1. The molecule has 0 unspecified atom stereocenters. The van der Waals surface area contributed by atoms with Crippen LogP contribution >= 0.6 is 11.6 Å². The van der Waals surface area contributed by atoms with Crippen molar-refractivity contribution in [3.05, 3.63) is 58.1 Å². The van der Waals surface area contributed by atoms with Crippen LogP contribution in [-0.4, -0.2) is 20.6 Å². The van der Waals surface area contributed by atoms with Crippen LogP contribution in [0.4, 0.5) is 22.0 Å². The molecule has 0 heterocycles. The van der Waals surface area contributed by atoms with Gasteiger partial charge in [-0.05, 0) is 18.2 Å². The van der Waals surface area contributed by atoms with Crippen molar-refractivity contribution in [1.82, 2.24) is 4.72 Å². The maximum absolute atomic E-state index is 14.0. The van der Waals surface area contributed by atoms with Crippen LogP contribution in [0.15, 0.2) is 30.3 Å². The van der Waals surface area contributed by atoms with Gasteiger partial charge in [-0.3, -0.25) is 4.79 Å². The van der Waals surface area contributed by atoms with Crippen LogP contribution < -0.4 is 9.46 Å². The van der Waals surface area contributed by atoms with Crippen molar-refractivity contribution in [2.45, 2.75) is 6.18 Å². The van der Waals surface area contributed by atoms with Gasteiger partial charge in [0.25, 0.3) is 5.91 Å². The standard InChI is InChI=1S/C15H9ClF5NO4S/c1-27(24,25)22-14(23)13-11(17)5-8(6-12(13)18)26-7-2-3-10(16)9(4-7)15(19,20)21/h2-6H,1H3,(H,22,23). The van der Waals surface area contributed by atoms with Crippen molar-refractivity contribution in [2.24, 2.45) is 0 Å². The number of carbonyl (C=O) groups excluding carboxylic acids is 1. The predicted molar refractivity (Wildman–Crippen MR) is 85.2 cm³/mol. The lowest BCUT2D eigenvalue weighted by Gasteiger charge is -2.13. The molecule has 2 rings (SSSR count). The maximum Gasteiger partial charge on any atom is 0.417 e. The molecule has 0 saturated heterocycles. The molecule has 0 aromatic heterocycles. The van der Waals surface area contributed by atoms with Gasteiger partial charge in [0.1, 0.15) is 28.7 Å². The average Bonchev–Trinajstić information content (AvgIpc) is 2.45. The molecule has 0 bridgehead atoms. The minimum Gasteiger partial charge on any atom is -0.457 e. The molecule has 2 aromatic rings. The molecule has 0 atom stereocenters. The van der Waals surface area contributed by atoms with E-state index in [1.54, 1.807) is 0 Å². The van der Waals surface area contributed by atoms with Crippen molar-refractivity contribution >= 4 is 27.5 Å². The molecule has 1 amide bonds. The van der Waals surface area contributed by atoms with Crippen molar-refractivity contribution in [3.63, 3.8) is 0 Å². The summed E-state index contributed by atoms with van der Waals surface area (Å²) in [5.41, 5.74) is -2.41. The lowest BCUT2D eigenvalue weighted by atomic mass is 10.1. The summed E-state index contributed by atoms with van der Waals surface area (Å²) in [6, 6.07) is 3.49. The Morgan fingerprint density at radius 2 is 1.63 bits per heavy atom. The van der Waals surface area contributed by atoms with E-state index in [0.29, 0.717) is 24.5 Å². The number of benzene rings is 2. The van der Waals surface area contributed by atoms with E-state index in [1.807, 2.05) is 0 Å². The Morgan fingerprint density at radius 3 is 2.11 bits per heavy atom. The number of ether oxygens (including phenoxy) is 1. The monoisotopic (exact) mass is 429 g/mol. The minimum atomic E-state index is -4.78. The number of amides is 1. The SMILES string of the molecule is CS(=O)(=O)NC(=O)c1c(F)cc(Oc2ccc(Cl)c(C(F)(F)F)c2)cc1F. The van der Waals surface area contributed by atoms with E-state index < -0.39 is 61.4 Å². The Balaban J connectivity index is 2.36. The van der Waals surface area contributed by atoms with Gasteiger partial charge >= 0.3 is 6.18 Å². The van der Waals surface area contributed by atoms with Gasteiger partial charge in [-0.1, -0.05) is 11.6 Å². The summed E-state index contributed by atoms with van der Waals surface area (Å²) in [6.45, 7) is 0. The molecule has 2 aromatic carbocycles. The highest BCUT2D eigenvalue weighted by molar-refractivity contribution is 7.89. The number of hydrogen-bond acceptors (Lipinski definition) is 4. The molecule has 1 N–H and O–H groups in total. The van der Waals surface area contributed by atoms with Crippen LogP contribution in [0.1, 0.15) is 15.9 Å². The maximum atomic E-state index is 14.0. The third-order valence-electron chi connectivity index (χ3n) is 3.00. The predicted octanol–water partition coefficient (Wildman–Crippen LogP) is 4.12. The second kappa shape index (κ2) is 7.31. The van der Waals surface area contributed by atoms with Crippen molar-refractivity contribution in [3.8, 4) is 11.5 Å². The first-order chi connectivity index (χ1) is 12.3. The van der Waals surface area contributed by atoms with Gasteiger partial charge in [-0.25, -0.2) is 21.9 Å². The third-order valence-corrected chi connectivity index (χ3v) is 3.89. The van der Waals surface area contributed by atoms with E-state index in [1.165, 1.54) is 4.72 Å². The molecule has 0 spiro atoms. The summed E-state index contributed by atoms with van der Waals surface area (Å²) >= 11 is 5.45. The van der Waals surface area contributed by atoms with E-state index >= 15 is 0 Å². The van der Waals surface area contributed by atoms with Crippen LogP contribution in [0, 0.1) is 11.6 Å². The zero-order valence-electron chi connectivity index (χ0n) is 13.2. The molecule has 0 fully saturated rings. The summed E-state index contributed by atoms with van der Waals surface area (Å²) < 4.78 is 94.8. The molecule has 146 valence electrons. The smallest absolute Gasteiger partial charge is 0.417 e. The summed E-state index contributed by atoms with van der Waals surface area (Å²) in [7, 11) is -4.07. The highest BCUT2D eigenvalue weighted by Gasteiger charge is 2.33. The third kappa shape index (κ3) is 5.30. The van der Waals surface area contributed by atoms with Crippen LogP contribution in [0.5, 0.6) is 11.5 Å². The zero-order valence-corrected chi connectivity index (χ0v) is 14.8. The number of rotatable bonds is 4. The molecule has 0 aliphatic carbocycles. The summed E-state index contributed by atoms with van der Waals surface area (Å²) in [4.78, 5) is 11.6. The number of alkyl halides is 3. The first-order valence-electron chi connectivity index (χ1n) is 6.83. The largest absolute Gasteiger partial charge is 0.457 e. The fraction of sp³-hybridized carbons (Fsp3) is 0.133. The second-order valence-electron chi connectivity index (χ2n) is 5.21. The number of carbonyl (C=O) groups is 1. The number of nitrogens with one attached hydrogen (secondary N) is 1. The Labute approximate surface area is 154 Å². The fourth-order valence-corrected chi connectivity index (χ4v) is 2.63. The quantitative estimate of drug-likeness (QED) is 0.742. The molecule has 0 radical (unpaired) electrons. The van der Waals surface area contributed by atoms with Gasteiger partial charge < -0.3 is 4.74 Å². The second-order valence-corrected chi connectivity index (χ2v) is 7.36. The van der Waals surface area contributed by atoms with E-state index in [4.69, 9.17) is 16.3 Å². The topological polar surface area (TPSA) is 72.5 Å². The normalized spacial score (nSPS) is 12.0. The number of sulfonamides is 1. The van der Waals surface area contributed by atoms with Gasteiger partial charge in [0.15, 0.2) is 0 Å². The van der Waals surface area contributed by atoms with E-state index in [0.717, 1.165) is 12.1 Å². The van der Waals surface area contributed by atoms with Crippen LogP contribution in [-0.2, 0) is 16.2 Å². The lowest BCUT2D eigenvalue weighted by Crippen LogP contribution is -2.30.